The normalized spacial score (nSPS) is 12.2. The van der Waals surface area contributed by atoms with Crippen LogP contribution >= 0.6 is 0 Å². The molecule has 1 atom stereocenters. The Bertz CT molecular complexity index is 642. The second-order valence-corrected chi connectivity index (χ2v) is 4.64. The number of rotatable bonds is 5. The first-order valence-electron chi connectivity index (χ1n) is 6.60. The van der Waals surface area contributed by atoms with E-state index in [0.29, 0.717) is 5.75 Å². The average Bonchev–Trinajstić information content (AvgIpc) is 2.50. The van der Waals surface area contributed by atoms with Crippen molar-refractivity contribution >= 4 is 6.08 Å². The van der Waals surface area contributed by atoms with Crippen molar-refractivity contribution in [3.8, 4) is 17.2 Å². The van der Waals surface area contributed by atoms with Crippen molar-refractivity contribution in [1.82, 2.24) is 0 Å². The Morgan fingerprint density at radius 2 is 1.81 bits per heavy atom. The number of ether oxygens (including phenoxy) is 1. The lowest BCUT2D eigenvalue weighted by Gasteiger charge is -2.10. The van der Waals surface area contributed by atoms with Crippen molar-refractivity contribution < 1.29 is 14.9 Å². The van der Waals surface area contributed by atoms with E-state index in [1.807, 2.05) is 30.4 Å². The molecule has 0 aromatic heterocycles. The molecular weight excluding hydrogens is 264 g/mol. The van der Waals surface area contributed by atoms with E-state index >= 15 is 0 Å². The minimum Gasteiger partial charge on any atom is -0.508 e. The van der Waals surface area contributed by atoms with Crippen LogP contribution < -0.4 is 4.74 Å². The summed E-state index contributed by atoms with van der Waals surface area (Å²) in [6, 6.07) is 12.2. The molecule has 2 rings (SSSR count). The Morgan fingerprint density at radius 1 is 1.10 bits per heavy atom. The van der Waals surface area contributed by atoms with Crippen molar-refractivity contribution in [2.45, 2.75) is 5.92 Å². The van der Waals surface area contributed by atoms with Crippen LogP contribution in [0.5, 0.6) is 17.2 Å². The summed E-state index contributed by atoms with van der Waals surface area (Å²) in [4.78, 5) is 0. The molecule has 2 aromatic carbocycles. The largest absolute Gasteiger partial charge is 0.508 e. The summed E-state index contributed by atoms with van der Waals surface area (Å²) in [6.07, 6.45) is 5.74. The Morgan fingerprint density at radius 3 is 2.38 bits per heavy atom. The van der Waals surface area contributed by atoms with Crippen molar-refractivity contribution in [3.05, 3.63) is 72.3 Å². The number of aromatic hydroxyl groups is 2. The first-order valence-corrected chi connectivity index (χ1v) is 6.60. The van der Waals surface area contributed by atoms with E-state index in [2.05, 4.69) is 6.58 Å². The van der Waals surface area contributed by atoms with Crippen LogP contribution in [-0.2, 0) is 0 Å². The van der Waals surface area contributed by atoms with Gasteiger partial charge in [0.05, 0.1) is 7.11 Å². The molecule has 21 heavy (non-hydrogen) atoms. The molecule has 1 unspecified atom stereocenters. The average molecular weight is 282 g/mol. The van der Waals surface area contributed by atoms with Crippen LogP contribution in [-0.4, -0.2) is 17.3 Å². The molecule has 0 spiro atoms. The van der Waals surface area contributed by atoms with E-state index in [9.17, 15) is 10.2 Å². The van der Waals surface area contributed by atoms with Gasteiger partial charge in [-0.2, -0.15) is 0 Å². The van der Waals surface area contributed by atoms with E-state index in [1.165, 1.54) is 7.11 Å². The fourth-order valence-corrected chi connectivity index (χ4v) is 2.04. The lowest BCUT2D eigenvalue weighted by atomic mass is 9.97. The van der Waals surface area contributed by atoms with E-state index in [-0.39, 0.29) is 17.4 Å². The SMILES string of the molecule is C=CC(/C=C\c1ccc(O)cc1)c1ccc(OC)c(O)c1. The number of phenolic OH excluding ortho intramolecular Hbond substituents is 2. The van der Waals surface area contributed by atoms with Crippen molar-refractivity contribution in [1.29, 1.82) is 0 Å². The van der Waals surface area contributed by atoms with Crippen molar-refractivity contribution in [2.75, 3.05) is 7.11 Å². The number of allylic oxidation sites excluding steroid dienone is 2. The van der Waals surface area contributed by atoms with Crippen LogP contribution in [0.2, 0.25) is 0 Å². The zero-order valence-corrected chi connectivity index (χ0v) is 11.9. The molecule has 0 bridgehead atoms. The van der Waals surface area contributed by atoms with Gasteiger partial charge in [-0.1, -0.05) is 36.4 Å². The van der Waals surface area contributed by atoms with E-state index in [4.69, 9.17) is 4.74 Å². The molecule has 0 heterocycles. The van der Waals surface area contributed by atoms with Gasteiger partial charge in [0.15, 0.2) is 11.5 Å². The number of benzene rings is 2. The maximum absolute atomic E-state index is 9.84. The van der Waals surface area contributed by atoms with Gasteiger partial charge >= 0.3 is 0 Å². The van der Waals surface area contributed by atoms with Gasteiger partial charge in [-0.3, -0.25) is 0 Å². The van der Waals surface area contributed by atoms with Gasteiger partial charge in [0.1, 0.15) is 5.75 Å². The van der Waals surface area contributed by atoms with Crippen LogP contribution in [0.3, 0.4) is 0 Å². The van der Waals surface area contributed by atoms with Crippen LogP contribution in [0.4, 0.5) is 0 Å². The molecule has 0 aliphatic rings. The molecule has 3 nitrogen and oxygen atoms in total. The molecular formula is C18H18O3. The van der Waals surface area contributed by atoms with Gasteiger partial charge in [-0.25, -0.2) is 0 Å². The standard InChI is InChI=1S/C18H18O3/c1-3-14(7-4-13-5-9-16(19)10-6-13)15-8-11-18(21-2)17(20)12-15/h3-12,14,19-20H,1H2,2H3/b7-4-. The summed E-state index contributed by atoms with van der Waals surface area (Å²) < 4.78 is 5.04. The van der Waals surface area contributed by atoms with Gasteiger partial charge in [-0.15, -0.1) is 6.58 Å². The Balaban J connectivity index is 2.21. The third kappa shape index (κ3) is 3.66. The molecule has 2 N–H and O–H groups in total. The molecule has 0 aliphatic carbocycles. The summed E-state index contributed by atoms with van der Waals surface area (Å²) in [5.74, 6) is 0.784. The van der Waals surface area contributed by atoms with Crippen LogP contribution in [0.25, 0.3) is 6.08 Å². The molecule has 0 aliphatic heterocycles. The third-order valence-electron chi connectivity index (χ3n) is 3.23. The van der Waals surface area contributed by atoms with Gasteiger partial charge in [-0.05, 0) is 35.4 Å². The van der Waals surface area contributed by atoms with Crippen LogP contribution in [0, 0.1) is 0 Å². The molecule has 0 fully saturated rings. The zero-order valence-electron chi connectivity index (χ0n) is 11.9. The fraction of sp³-hybridized carbons (Fsp3) is 0.111. The minimum atomic E-state index is -0.0180. The van der Waals surface area contributed by atoms with E-state index in [1.54, 1.807) is 30.3 Å². The number of phenols is 2. The monoisotopic (exact) mass is 282 g/mol. The smallest absolute Gasteiger partial charge is 0.160 e. The molecule has 0 amide bonds. The number of methoxy groups -OCH3 is 1. The summed E-state index contributed by atoms with van der Waals surface area (Å²) in [5.41, 5.74) is 1.91. The van der Waals surface area contributed by atoms with Crippen molar-refractivity contribution in [3.63, 3.8) is 0 Å². The highest BCUT2D eigenvalue weighted by Gasteiger charge is 2.08. The van der Waals surface area contributed by atoms with E-state index < -0.39 is 0 Å². The lowest BCUT2D eigenvalue weighted by molar-refractivity contribution is 0.373. The van der Waals surface area contributed by atoms with Crippen molar-refractivity contribution in [2.24, 2.45) is 0 Å². The Hall–Kier alpha value is -2.68. The maximum atomic E-state index is 9.84. The summed E-state index contributed by atoms with van der Waals surface area (Å²) in [7, 11) is 1.52. The summed E-state index contributed by atoms with van der Waals surface area (Å²) in [6.45, 7) is 3.83. The summed E-state index contributed by atoms with van der Waals surface area (Å²) >= 11 is 0. The van der Waals surface area contributed by atoms with Crippen LogP contribution in [0.1, 0.15) is 17.0 Å². The highest BCUT2D eigenvalue weighted by atomic mass is 16.5. The second-order valence-electron chi connectivity index (χ2n) is 4.64. The maximum Gasteiger partial charge on any atom is 0.160 e. The Labute approximate surface area is 124 Å². The topological polar surface area (TPSA) is 49.7 Å². The lowest BCUT2D eigenvalue weighted by Crippen LogP contribution is -1.92. The Kier molecular flexibility index (Phi) is 4.67. The van der Waals surface area contributed by atoms with Gasteiger partial charge < -0.3 is 14.9 Å². The van der Waals surface area contributed by atoms with Gasteiger partial charge in [0, 0.05) is 5.92 Å². The highest BCUT2D eigenvalue weighted by molar-refractivity contribution is 5.53. The van der Waals surface area contributed by atoms with Gasteiger partial charge in [0.25, 0.3) is 0 Å². The number of hydrogen-bond acceptors (Lipinski definition) is 3. The predicted octanol–water partition coefficient (Wildman–Crippen LogP) is 4.09. The zero-order chi connectivity index (χ0) is 15.2. The second kappa shape index (κ2) is 6.66. The molecule has 0 saturated heterocycles. The molecule has 0 radical (unpaired) electrons. The molecule has 108 valence electrons. The first kappa shape index (κ1) is 14.7. The highest BCUT2D eigenvalue weighted by Crippen LogP contribution is 2.30. The van der Waals surface area contributed by atoms with Crippen LogP contribution in [0.15, 0.2) is 61.2 Å². The summed E-state index contributed by atoms with van der Waals surface area (Å²) in [5, 5.41) is 19.1. The first-order chi connectivity index (χ1) is 10.1. The molecule has 2 aromatic rings. The predicted molar refractivity (Wildman–Crippen MR) is 84.7 cm³/mol. The minimum absolute atomic E-state index is 0.0180. The third-order valence-corrected chi connectivity index (χ3v) is 3.23. The fourth-order valence-electron chi connectivity index (χ4n) is 2.04. The quantitative estimate of drug-likeness (QED) is 0.812. The van der Waals surface area contributed by atoms with E-state index in [0.717, 1.165) is 11.1 Å². The molecule has 0 saturated carbocycles. The molecule has 3 heteroatoms. The number of hydrogen-bond donors (Lipinski definition) is 2. The van der Waals surface area contributed by atoms with Gasteiger partial charge in [0.2, 0.25) is 0 Å².